The van der Waals surface area contributed by atoms with Gasteiger partial charge >= 0.3 is 0 Å². The molecule has 0 aliphatic carbocycles. The van der Waals surface area contributed by atoms with Crippen molar-refractivity contribution in [3.63, 3.8) is 0 Å². The highest BCUT2D eigenvalue weighted by molar-refractivity contribution is 5.91. The van der Waals surface area contributed by atoms with Crippen molar-refractivity contribution in [2.75, 3.05) is 19.6 Å². The van der Waals surface area contributed by atoms with Gasteiger partial charge in [-0.25, -0.2) is 0 Å². The van der Waals surface area contributed by atoms with Gasteiger partial charge in [0.25, 0.3) is 5.91 Å². The van der Waals surface area contributed by atoms with Gasteiger partial charge in [0, 0.05) is 50.7 Å². The summed E-state index contributed by atoms with van der Waals surface area (Å²) in [5, 5.41) is 3.85. The summed E-state index contributed by atoms with van der Waals surface area (Å²) in [6.07, 6.45) is 5.98. The molecule has 5 rings (SSSR count). The summed E-state index contributed by atoms with van der Waals surface area (Å²) in [5.74, 6) is 0.862. The standard InChI is InChI=1S/C18H22N4O2/c1-13-7-17(24-20-13)18(23)22-11-15-4-5-16(22)12-21(10-15)9-14-3-2-6-19-8-14/h2-3,6-8,15-16H,4-5,9-12H2,1H3/t15-,16+/m0/s1. The number of aryl methyl sites for hydroxylation is 1. The minimum absolute atomic E-state index is 0.0199. The molecule has 2 bridgehead atoms. The van der Waals surface area contributed by atoms with E-state index in [0.717, 1.165) is 38.3 Å². The zero-order valence-electron chi connectivity index (χ0n) is 13.9. The number of aromatic nitrogens is 2. The van der Waals surface area contributed by atoms with Crippen molar-refractivity contribution in [3.8, 4) is 0 Å². The summed E-state index contributed by atoms with van der Waals surface area (Å²) >= 11 is 0. The molecule has 6 heteroatoms. The Labute approximate surface area is 141 Å². The molecule has 1 amide bonds. The van der Waals surface area contributed by atoms with Crippen molar-refractivity contribution in [1.29, 1.82) is 0 Å². The maximum Gasteiger partial charge on any atom is 0.292 e. The molecule has 2 aromatic rings. The minimum Gasteiger partial charge on any atom is -0.351 e. The molecule has 0 spiro atoms. The van der Waals surface area contributed by atoms with Crippen LogP contribution in [0.1, 0.15) is 34.7 Å². The van der Waals surface area contributed by atoms with Crippen molar-refractivity contribution in [1.82, 2.24) is 19.9 Å². The monoisotopic (exact) mass is 326 g/mol. The van der Waals surface area contributed by atoms with Crippen LogP contribution in [0, 0.1) is 12.8 Å². The van der Waals surface area contributed by atoms with Gasteiger partial charge in [-0.2, -0.15) is 0 Å². The normalized spacial score (nSPS) is 24.1. The third-order valence-electron chi connectivity index (χ3n) is 5.02. The molecular formula is C18H22N4O2. The number of rotatable bonds is 3. The zero-order valence-corrected chi connectivity index (χ0v) is 13.9. The molecule has 0 radical (unpaired) electrons. The fourth-order valence-electron chi connectivity index (χ4n) is 3.91. The molecule has 5 heterocycles. The largest absolute Gasteiger partial charge is 0.351 e. The predicted octanol–water partition coefficient (Wildman–Crippen LogP) is 2.11. The first-order valence-electron chi connectivity index (χ1n) is 8.54. The number of hydrogen-bond acceptors (Lipinski definition) is 5. The van der Waals surface area contributed by atoms with E-state index in [1.165, 1.54) is 12.0 Å². The van der Waals surface area contributed by atoms with Crippen LogP contribution >= 0.6 is 0 Å². The van der Waals surface area contributed by atoms with Crippen LogP contribution in [-0.4, -0.2) is 51.5 Å². The average Bonchev–Trinajstić information content (AvgIpc) is 2.84. The first-order valence-corrected chi connectivity index (χ1v) is 8.54. The van der Waals surface area contributed by atoms with Gasteiger partial charge in [-0.1, -0.05) is 11.2 Å². The van der Waals surface area contributed by atoms with Crippen LogP contribution in [0.25, 0.3) is 0 Å². The van der Waals surface area contributed by atoms with Gasteiger partial charge in [0.1, 0.15) is 0 Å². The molecular weight excluding hydrogens is 304 g/mol. The quantitative estimate of drug-likeness (QED) is 0.864. The van der Waals surface area contributed by atoms with Gasteiger partial charge in [-0.05, 0) is 37.3 Å². The summed E-state index contributed by atoms with van der Waals surface area (Å²) < 4.78 is 5.19. The summed E-state index contributed by atoms with van der Waals surface area (Å²) in [5.41, 5.74) is 1.97. The van der Waals surface area contributed by atoms with E-state index in [1.54, 1.807) is 12.3 Å². The fraction of sp³-hybridized carbons (Fsp3) is 0.500. The van der Waals surface area contributed by atoms with Gasteiger partial charge < -0.3 is 9.42 Å². The molecule has 0 aromatic carbocycles. The van der Waals surface area contributed by atoms with E-state index in [9.17, 15) is 4.79 Å². The van der Waals surface area contributed by atoms with Crippen molar-refractivity contribution in [2.45, 2.75) is 32.4 Å². The van der Waals surface area contributed by atoms with E-state index >= 15 is 0 Å². The Morgan fingerprint density at radius 3 is 3.00 bits per heavy atom. The van der Waals surface area contributed by atoms with Gasteiger partial charge in [-0.15, -0.1) is 0 Å². The Hall–Kier alpha value is -2.21. The molecule has 3 fully saturated rings. The lowest BCUT2D eigenvalue weighted by Crippen LogP contribution is -2.47. The topological polar surface area (TPSA) is 62.5 Å². The molecule has 3 aliphatic rings. The van der Waals surface area contributed by atoms with Crippen LogP contribution in [-0.2, 0) is 6.54 Å². The third-order valence-corrected chi connectivity index (χ3v) is 5.02. The van der Waals surface area contributed by atoms with Crippen molar-refractivity contribution < 1.29 is 9.32 Å². The highest BCUT2D eigenvalue weighted by Gasteiger charge is 2.38. The lowest BCUT2D eigenvalue weighted by atomic mass is 9.95. The number of fused-ring (bicyclic) bond motifs is 4. The maximum atomic E-state index is 12.8. The Morgan fingerprint density at radius 2 is 2.25 bits per heavy atom. The Balaban J connectivity index is 1.49. The second-order valence-electron chi connectivity index (χ2n) is 6.94. The fourth-order valence-corrected chi connectivity index (χ4v) is 3.91. The van der Waals surface area contributed by atoms with Crippen molar-refractivity contribution in [3.05, 3.63) is 47.6 Å². The molecule has 126 valence electrons. The lowest BCUT2D eigenvalue weighted by Gasteiger charge is -2.35. The molecule has 6 nitrogen and oxygen atoms in total. The first-order chi connectivity index (χ1) is 11.7. The van der Waals surface area contributed by atoms with E-state index < -0.39 is 0 Å². The SMILES string of the molecule is Cc1cc(C(=O)N2C[C@H]3CC[C@@H]2CN(Cc2cccnc2)C3)on1. The highest BCUT2D eigenvalue weighted by Crippen LogP contribution is 2.30. The highest BCUT2D eigenvalue weighted by atomic mass is 16.5. The molecule has 0 N–H and O–H groups in total. The Kier molecular flexibility index (Phi) is 4.06. The second-order valence-corrected chi connectivity index (χ2v) is 6.94. The van der Waals surface area contributed by atoms with Gasteiger partial charge in [0.2, 0.25) is 5.76 Å². The second kappa shape index (κ2) is 6.36. The summed E-state index contributed by atoms with van der Waals surface area (Å²) in [6, 6.07) is 6.07. The minimum atomic E-state index is -0.0199. The van der Waals surface area contributed by atoms with E-state index in [0.29, 0.717) is 11.7 Å². The number of hydrogen-bond donors (Lipinski definition) is 0. The number of amides is 1. The molecule has 0 unspecified atom stereocenters. The van der Waals surface area contributed by atoms with Crippen LogP contribution in [0.2, 0.25) is 0 Å². The molecule has 24 heavy (non-hydrogen) atoms. The Morgan fingerprint density at radius 1 is 1.33 bits per heavy atom. The van der Waals surface area contributed by atoms with Crippen molar-refractivity contribution >= 4 is 5.91 Å². The molecule has 2 aromatic heterocycles. The summed E-state index contributed by atoms with van der Waals surface area (Å²) in [6.45, 7) is 5.48. The van der Waals surface area contributed by atoms with Crippen LogP contribution in [0.4, 0.5) is 0 Å². The van der Waals surface area contributed by atoms with E-state index in [1.807, 2.05) is 24.1 Å². The maximum absolute atomic E-state index is 12.8. The van der Waals surface area contributed by atoms with Crippen LogP contribution in [0.15, 0.2) is 35.1 Å². The van der Waals surface area contributed by atoms with Gasteiger partial charge in [0.05, 0.1) is 5.69 Å². The van der Waals surface area contributed by atoms with Crippen LogP contribution < -0.4 is 0 Å². The lowest BCUT2D eigenvalue weighted by molar-refractivity contribution is 0.0543. The van der Waals surface area contributed by atoms with Gasteiger partial charge in [-0.3, -0.25) is 14.7 Å². The molecule has 2 atom stereocenters. The van der Waals surface area contributed by atoms with Crippen LogP contribution in [0.3, 0.4) is 0 Å². The molecule has 3 aliphatic heterocycles. The Bertz CT molecular complexity index is 715. The molecule has 3 saturated heterocycles. The van der Waals surface area contributed by atoms with E-state index in [4.69, 9.17) is 4.52 Å². The van der Waals surface area contributed by atoms with Crippen LogP contribution in [0.5, 0.6) is 0 Å². The first kappa shape index (κ1) is 15.3. The number of nitrogens with zero attached hydrogens (tertiary/aromatic N) is 4. The smallest absolute Gasteiger partial charge is 0.292 e. The van der Waals surface area contributed by atoms with Crippen molar-refractivity contribution in [2.24, 2.45) is 5.92 Å². The third kappa shape index (κ3) is 3.06. The van der Waals surface area contributed by atoms with E-state index in [2.05, 4.69) is 21.1 Å². The summed E-state index contributed by atoms with van der Waals surface area (Å²) in [4.78, 5) is 21.4. The summed E-state index contributed by atoms with van der Waals surface area (Å²) in [7, 11) is 0. The number of pyridine rings is 1. The number of piperidine rings is 1. The average molecular weight is 326 g/mol. The predicted molar refractivity (Wildman–Crippen MR) is 88.3 cm³/mol. The number of carbonyl (C=O) groups excluding carboxylic acids is 1. The zero-order chi connectivity index (χ0) is 16.5. The molecule has 0 saturated carbocycles. The van der Waals surface area contributed by atoms with Gasteiger partial charge in [0.15, 0.2) is 0 Å². The van der Waals surface area contributed by atoms with E-state index in [-0.39, 0.29) is 11.9 Å². The number of carbonyl (C=O) groups is 1.